The lowest BCUT2D eigenvalue weighted by atomic mass is 9.73. The highest BCUT2D eigenvalue weighted by Crippen LogP contribution is 2.36. The fourth-order valence-electron chi connectivity index (χ4n) is 2.87. The zero-order valence-electron chi connectivity index (χ0n) is 14.9. The first kappa shape index (κ1) is 21.3. The Morgan fingerprint density at radius 2 is 0.947 bits per heavy atom. The van der Waals surface area contributed by atoms with Crippen LogP contribution in [-0.2, 0) is 0 Å². The first-order valence-corrected chi connectivity index (χ1v) is 8.61. The molecule has 0 aliphatic heterocycles. The van der Waals surface area contributed by atoms with Gasteiger partial charge in [0.15, 0.2) is 0 Å². The smallest absolute Gasteiger partial charge is 0.0624 e. The van der Waals surface area contributed by atoms with Gasteiger partial charge in [0, 0.05) is 0 Å². The van der Waals surface area contributed by atoms with Gasteiger partial charge in [0.05, 0.1) is 5.60 Å². The number of aliphatic hydroxyl groups is 1. The summed E-state index contributed by atoms with van der Waals surface area (Å²) < 4.78 is 0. The van der Waals surface area contributed by atoms with E-state index in [1.165, 1.54) is 25.7 Å². The van der Waals surface area contributed by atoms with E-state index < -0.39 is 0 Å². The van der Waals surface area contributed by atoms with Crippen molar-refractivity contribution in [3.8, 4) is 0 Å². The van der Waals surface area contributed by atoms with Gasteiger partial charge >= 0.3 is 0 Å². The monoisotopic (exact) mass is 272 g/mol. The molecule has 0 bridgehead atoms. The average molecular weight is 273 g/mol. The fourth-order valence-corrected chi connectivity index (χ4v) is 2.87. The number of hydrogen-bond acceptors (Lipinski definition) is 1. The van der Waals surface area contributed by atoms with E-state index in [4.69, 9.17) is 5.11 Å². The van der Waals surface area contributed by atoms with E-state index >= 15 is 0 Å². The second-order valence-corrected chi connectivity index (χ2v) is 6.38. The quantitative estimate of drug-likeness (QED) is 0.569. The molecule has 0 radical (unpaired) electrons. The molecule has 1 N–H and O–H groups in total. The Morgan fingerprint density at radius 3 is 1.05 bits per heavy atom. The van der Waals surface area contributed by atoms with E-state index in [0.29, 0.717) is 0 Å². The first-order chi connectivity index (χ1) is 8.89. The molecule has 0 aromatic heterocycles. The van der Waals surface area contributed by atoms with Crippen molar-refractivity contribution in [2.24, 2.45) is 17.8 Å². The van der Waals surface area contributed by atoms with Crippen LogP contribution in [0.15, 0.2) is 0 Å². The summed E-state index contributed by atoms with van der Waals surface area (Å²) in [4.78, 5) is 0. The maximum atomic E-state index is 9.08. The van der Waals surface area contributed by atoms with Crippen LogP contribution >= 0.6 is 0 Å². The predicted molar refractivity (Wildman–Crippen MR) is 88.5 cm³/mol. The summed E-state index contributed by atoms with van der Waals surface area (Å²) in [5.41, 5.74) is -0.306. The fraction of sp³-hybridized carbons (Fsp3) is 1.00. The summed E-state index contributed by atoms with van der Waals surface area (Å²) in [6.07, 6.45) is 7.88. The Morgan fingerprint density at radius 1 is 0.684 bits per heavy atom. The molecule has 2 rings (SSSR count). The first-order valence-electron chi connectivity index (χ1n) is 8.61. The van der Waals surface area contributed by atoms with Gasteiger partial charge in [-0.25, -0.2) is 0 Å². The van der Waals surface area contributed by atoms with Gasteiger partial charge in [0.1, 0.15) is 0 Å². The van der Waals surface area contributed by atoms with Crippen molar-refractivity contribution in [2.75, 3.05) is 0 Å². The maximum absolute atomic E-state index is 9.08. The van der Waals surface area contributed by atoms with E-state index in [1.807, 2.05) is 34.6 Å². The molecule has 0 aromatic rings. The van der Waals surface area contributed by atoms with Crippen LogP contribution in [0.2, 0.25) is 0 Å². The Bertz CT molecular complexity index is 160. The minimum Gasteiger partial charge on any atom is -0.390 e. The van der Waals surface area contributed by atoms with E-state index in [1.54, 1.807) is 0 Å². The van der Waals surface area contributed by atoms with Crippen molar-refractivity contribution >= 4 is 0 Å². The van der Waals surface area contributed by atoms with Crippen LogP contribution in [0.5, 0.6) is 0 Å². The summed E-state index contributed by atoms with van der Waals surface area (Å²) in [7, 11) is 0. The van der Waals surface area contributed by atoms with Gasteiger partial charge in [-0.3, -0.25) is 0 Å². The zero-order valence-corrected chi connectivity index (χ0v) is 14.9. The van der Waals surface area contributed by atoms with Gasteiger partial charge in [-0.15, -0.1) is 0 Å². The molecule has 0 unspecified atom stereocenters. The van der Waals surface area contributed by atoms with Gasteiger partial charge in [0.2, 0.25) is 0 Å². The van der Waals surface area contributed by atoms with Crippen LogP contribution in [-0.4, -0.2) is 10.7 Å². The molecule has 118 valence electrons. The summed E-state index contributed by atoms with van der Waals surface area (Å²) in [6, 6.07) is 0. The van der Waals surface area contributed by atoms with Gasteiger partial charge in [-0.1, -0.05) is 74.1 Å². The Kier molecular flexibility index (Phi) is 13.2. The van der Waals surface area contributed by atoms with Crippen molar-refractivity contribution in [3.05, 3.63) is 0 Å². The standard InChI is InChI=1S/C8H16.C6H12O.2C2H6/c1-7-3-5-8(2)6-4-7;1-5-3-6(2,7)4-5;2*1-2/h7-8H,3-6H2,1-2H3;5,7H,3-4H2,1-2H3;2*1-2H3. The molecule has 0 atom stereocenters. The van der Waals surface area contributed by atoms with Gasteiger partial charge in [0.25, 0.3) is 0 Å². The van der Waals surface area contributed by atoms with E-state index in [-0.39, 0.29) is 5.60 Å². The van der Waals surface area contributed by atoms with Crippen molar-refractivity contribution in [1.82, 2.24) is 0 Å². The van der Waals surface area contributed by atoms with Gasteiger partial charge in [-0.2, -0.15) is 0 Å². The molecule has 1 nitrogen and oxygen atoms in total. The minimum absolute atomic E-state index is 0.306. The summed E-state index contributed by atoms with van der Waals surface area (Å²) in [6.45, 7) is 16.8. The van der Waals surface area contributed by atoms with Crippen LogP contribution < -0.4 is 0 Å². The third-order valence-corrected chi connectivity index (χ3v) is 3.88. The van der Waals surface area contributed by atoms with Crippen LogP contribution in [0.3, 0.4) is 0 Å². The van der Waals surface area contributed by atoms with Gasteiger partial charge in [-0.05, 0) is 37.5 Å². The Hall–Kier alpha value is -0.0400. The largest absolute Gasteiger partial charge is 0.390 e. The minimum atomic E-state index is -0.306. The molecule has 0 heterocycles. The summed E-state index contributed by atoms with van der Waals surface area (Å²) in [5.74, 6) is 2.80. The highest BCUT2D eigenvalue weighted by molar-refractivity contribution is 4.87. The topological polar surface area (TPSA) is 20.2 Å². The molecule has 0 aromatic carbocycles. The van der Waals surface area contributed by atoms with Crippen LogP contribution in [0.4, 0.5) is 0 Å². The molecule has 2 fully saturated rings. The van der Waals surface area contributed by atoms with Crippen molar-refractivity contribution in [2.45, 2.75) is 99.5 Å². The molecule has 19 heavy (non-hydrogen) atoms. The molecule has 2 saturated carbocycles. The molecule has 2 aliphatic carbocycles. The molecule has 0 amide bonds. The Labute approximate surface area is 123 Å². The third-order valence-electron chi connectivity index (χ3n) is 3.88. The highest BCUT2D eigenvalue weighted by Gasteiger charge is 2.34. The van der Waals surface area contributed by atoms with E-state index in [9.17, 15) is 0 Å². The molecule has 1 heteroatoms. The van der Waals surface area contributed by atoms with Crippen molar-refractivity contribution in [3.63, 3.8) is 0 Å². The lowest BCUT2D eigenvalue weighted by Gasteiger charge is -2.38. The molecular weight excluding hydrogens is 232 g/mol. The third kappa shape index (κ3) is 11.5. The Balaban J connectivity index is 0. The van der Waals surface area contributed by atoms with Crippen LogP contribution in [0.1, 0.15) is 93.9 Å². The number of rotatable bonds is 0. The van der Waals surface area contributed by atoms with E-state index in [2.05, 4.69) is 20.8 Å². The van der Waals surface area contributed by atoms with Crippen molar-refractivity contribution in [1.29, 1.82) is 0 Å². The normalized spacial score (nSPS) is 36.2. The highest BCUT2D eigenvalue weighted by atomic mass is 16.3. The average Bonchev–Trinajstić information content (AvgIpc) is 2.36. The molecular formula is C18H40O. The van der Waals surface area contributed by atoms with Gasteiger partial charge < -0.3 is 5.11 Å². The second kappa shape index (κ2) is 11.8. The molecule has 0 saturated heterocycles. The number of hydrogen-bond donors (Lipinski definition) is 1. The SMILES string of the molecule is CC.CC.CC1CC(C)(O)C1.CC1CCC(C)CC1. The van der Waals surface area contributed by atoms with Crippen molar-refractivity contribution < 1.29 is 5.11 Å². The lowest BCUT2D eigenvalue weighted by molar-refractivity contribution is -0.0506. The summed E-state index contributed by atoms with van der Waals surface area (Å²) >= 11 is 0. The lowest BCUT2D eigenvalue weighted by Crippen LogP contribution is -2.39. The predicted octanol–water partition coefficient (Wildman–Crippen LogP) is 6.05. The van der Waals surface area contributed by atoms with Crippen LogP contribution in [0.25, 0.3) is 0 Å². The zero-order chi connectivity index (χ0) is 15.5. The second-order valence-electron chi connectivity index (χ2n) is 6.38. The maximum Gasteiger partial charge on any atom is 0.0624 e. The van der Waals surface area contributed by atoms with Crippen LogP contribution in [0, 0.1) is 17.8 Å². The summed E-state index contributed by atoms with van der Waals surface area (Å²) in [5, 5.41) is 9.08. The van der Waals surface area contributed by atoms with E-state index in [0.717, 1.165) is 30.6 Å². The molecule has 0 spiro atoms. The molecule has 2 aliphatic rings.